The number of nitrogens with two attached hydrogens (primary N) is 1. The summed E-state index contributed by atoms with van der Waals surface area (Å²) in [6.07, 6.45) is -3.97. The van der Waals surface area contributed by atoms with E-state index in [-0.39, 0.29) is 11.5 Å². The van der Waals surface area contributed by atoms with Crippen molar-refractivity contribution in [3.8, 4) is 5.69 Å². The van der Waals surface area contributed by atoms with Crippen LogP contribution in [0, 0.1) is 0 Å². The molecule has 0 atom stereocenters. The lowest BCUT2D eigenvalue weighted by atomic mass is 10.0. The largest absolute Gasteiger partial charge is 0.416 e. The summed E-state index contributed by atoms with van der Waals surface area (Å²) in [5.74, 6) is 0.0879. The van der Waals surface area contributed by atoms with E-state index in [1.54, 1.807) is 0 Å². The van der Waals surface area contributed by atoms with Gasteiger partial charge in [0.2, 0.25) is 0 Å². The van der Waals surface area contributed by atoms with Crippen LogP contribution in [0.1, 0.15) is 36.6 Å². The minimum Gasteiger partial charge on any atom is -0.330 e. The fourth-order valence-electron chi connectivity index (χ4n) is 2.33. The van der Waals surface area contributed by atoms with Crippen LogP contribution in [0.2, 0.25) is 0 Å². The molecule has 0 aliphatic heterocycles. The van der Waals surface area contributed by atoms with Crippen LogP contribution >= 0.6 is 0 Å². The summed E-state index contributed by atoms with van der Waals surface area (Å²) >= 11 is 0. The first kappa shape index (κ1) is 16.4. The molecular weight excluding hydrogens is 295 g/mol. The highest BCUT2D eigenvalue weighted by atomic mass is 19.4. The van der Waals surface area contributed by atoms with Crippen LogP contribution in [0.25, 0.3) is 5.69 Å². The minimum absolute atomic E-state index is 0.0879. The molecule has 0 saturated heterocycles. The average Bonchev–Trinajstić information content (AvgIpc) is 2.76. The highest BCUT2D eigenvalue weighted by Crippen LogP contribution is 2.29. The summed E-state index contributed by atoms with van der Waals surface area (Å²) in [5.41, 5.74) is 6.21. The Morgan fingerprint density at radius 2 is 1.82 bits per heavy atom. The molecule has 0 bridgehead atoms. The number of hydrogen-bond acceptors (Lipinski definition) is 2. The number of H-pyrrole nitrogens is 1. The second-order valence-corrected chi connectivity index (χ2v) is 5.38. The van der Waals surface area contributed by atoms with Gasteiger partial charge in [-0.1, -0.05) is 13.8 Å². The lowest BCUT2D eigenvalue weighted by Crippen LogP contribution is -2.19. The third kappa shape index (κ3) is 3.09. The van der Waals surface area contributed by atoms with E-state index in [1.807, 2.05) is 13.8 Å². The number of hydrogen-bond donors (Lipinski definition) is 2. The Balaban J connectivity index is 2.49. The average molecular weight is 313 g/mol. The van der Waals surface area contributed by atoms with Gasteiger partial charge in [-0.2, -0.15) is 13.2 Å². The van der Waals surface area contributed by atoms with Gasteiger partial charge in [0.1, 0.15) is 0 Å². The van der Waals surface area contributed by atoms with E-state index in [2.05, 4.69) is 5.10 Å². The zero-order chi connectivity index (χ0) is 16.5. The maximum absolute atomic E-state index is 12.6. The predicted octanol–water partition coefficient (Wildman–Crippen LogP) is 2.81. The molecule has 1 aromatic heterocycles. The molecule has 3 N–H and O–H groups in total. The van der Waals surface area contributed by atoms with E-state index in [0.29, 0.717) is 24.2 Å². The normalized spacial score (nSPS) is 12.1. The molecule has 120 valence electrons. The zero-order valence-electron chi connectivity index (χ0n) is 12.4. The van der Waals surface area contributed by atoms with Gasteiger partial charge in [0.05, 0.1) is 11.3 Å². The molecule has 0 unspecified atom stereocenters. The Labute approximate surface area is 125 Å². The van der Waals surface area contributed by atoms with Gasteiger partial charge >= 0.3 is 6.18 Å². The SMILES string of the molecule is CC(C)c1[nH]n(-c2ccc(C(F)(F)F)cc2)c(=O)c1CCN. The third-order valence-electron chi connectivity index (χ3n) is 3.44. The summed E-state index contributed by atoms with van der Waals surface area (Å²) in [6.45, 7) is 4.20. The minimum atomic E-state index is -4.40. The molecule has 0 fully saturated rings. The maximum Gasteiger partial charge on any atom is 0.416 e. The molecule has 22 heavy (non-hydrogen) atoms. The molecule has 0 spiro atoms. The monoisotopic (exact) mass is 313 g/mol. The predicted molar refractivity (Wildman–Crippen MR) is 78.2 cm³/mol. The van der Waals surface area contributed by atoms with Gasteiger partial charge in [0, 0.05) is 11.3 Å². The van der Waals surface area contributed by atoms with Gasteiger partial charge in [-0.3, -0.25) is 9.89 Å². The molecule has 0 aliphatic rings. The van der Waals surface area contributed by atoms with Crippen LogP contribution < -0.4 is 11.3 Å². The lowest BCUT2D eigenvalue weighted by molar-refractivity contribution is -0.137. The Morgan fingerprint density at radius 3 is 2.27 bits per heavy atom. The van der Waals surface area contributed by atoms with Crippen molar-refractivity contribution in [3.05, 3.63) is 51.4 Å². The molecule has 0 radical (unpaired) electrons. The van der Waals surface area contributed by atoms with Crippen molar-refractivity contribution < 1.29 is 13.2 Å². The van der Waals surface area contributed by atoms with E-state index in [9.17, 15) is 18.0 Å². The molecule has 1 heterocycles. The van der Waals surface area contributed by atoms with Crippen molar-refractivity contribution in [2.45, 2.75) is 32.4 Å². The Kier molecular flexibility index (Phi) is 4.46. The number of nitrogens with one attached hydrogen (secondary N) is 1. The van der Waals surface area contributed by atoms with Gasteiger partial charge in [0.25, 0.3) is 5.56 Å². The smallest absolute Gasteiger partial charge is 0.330 e. The molecule has 4 nitrogen and oxygen atoms in total. The highest BCUT2D eigenvalue weighted by molar-refractivity contribution is 5.37. The van der Waals surface area contributed by atoms with E-state index >= 15 is 0 Å². The molecular formula is C15H18F3N3O. The van der Waals surface area contributed by atoms with Crippen LogP contribution in [-0.4, -0.2) is 16.3 Å². The number of nitrogens with zero attached hydrogens (tertiary/aromatic N) is 1. The molecule has 0 amide bonds. The molecule has 0 saturated carbocycles. The quantitative estimate of drug-likeness (QED) is 0.911. The molecule has 2 aromatic rings. The van der Waals surface area contributed by atoms with Crippen LogP contribution in [0.3, 0.4) is 0 Å². The number of halogens is 3. The van der Waals surface area contributed by atoms with Gasteiger partial charge < -0.3 is 5.73 Å². The summed E-state index contributed by atoms with van der Waals surface area (Å²) in [6, 6.07) is 4.47. The number of alkyl halides is 3. The fraction of sp³-hybridized carbons (Fsp3) is 0.400. The number of aromatic nitrogens is 2. The summed E-state index contributed by atoms with van der Waals surface area (Å²) in [5, 5.41) is 2.98. The first-order chi connectivity index (χ1) is 10.3. The summed E-state index contributed by atoms with van der Waals surface area (Å²) < 4.78 is 39.0. The second-order valence-electron chi connectivity index (χ2n) is 5.38. The van der Waals surface area contributed by atoms with E-state index in [4.69, 9.17) is 5.73 Å². The van der Waals surface area contributed by atoms with Crippen molar-refractivity contribution >= 4 is 0 Å². The molecule has 0 aliphatic carbocycles. The van der Waals surface area contributed by atoms with Gasteiger partial charge in [-0.05, 0) is 43.1 Å². The summed E-state index contributed by atoms with van der Waals surface area (Å²) in [4.78, 5) is 12.4. The van der Waals surface area contributed by atoms with E-state index in [0.717, 1.165) is 17.8 Å². The van der Waals surface area contributed by atoms with Gasteiger partial charge in [0.15, 0.2) is 0 Å². The van der Waals surface area contributed by atoms with Crippen LogP contribution in [0.4, 0.5) is 13.2 Å². The van der Waals surface area contributed by atoms with Crippen LogP contribution in [0.15, 0.2) is 29.1 Å². The van der Waals surface area contributed by atoms with Gasteiger partial charge in [-0.25, -0.2) is 4.68 Å². The molecule has 7 heteroatoms. The maximum atomic E-state index is 12.6. The van der Waals surface area contributed by atoms with E-state index < -0.39 is 11.7 Å². The van der Waals surface area contributed by atoms with Crippen LogP contribution in [-0.2, 0) is 12.6 Å². The lowest BCUT2D eigenvalue weighted by Gasteiger charge is -2.08. The standard InChI is InChI=1S/C15H18F3N3O/c1-9(2)13-12(7-8-19)14(22)21(20-13)11-5-3-10(4-6-11)15(16,17)18/h3-6,9,20H,7-8,19H2,1-2H3. The van der Waals surface area contributed by atoms with Gasteiger partial charge in [-0.15, -0.1) is 0 Å². The van der Waals surface area contributed by atoms with Crippen molar-refractivity contribution in [2.75, 3.05) is 6.54 Å². The number of rotatable bonds is 4. The Hall–Kier alpha value is -2.02. The summed E-state index contributed by atoms with van der Waals surface area (Å²) in [7, 11) is 0. The Morgan fingerprint density at radius 1 is 1.23 bits per heavy atom. The first-order valence-electron chi connectivity index (χ1n) is 6.97. The van der Waals surface area contributed by atoms with Crippen molar-refractivity contribution in [2.24, 2.45) is 5.73 Å². The Bertz CT molecular complexity index is 696. The topological polar surface area (TPSA) is 63.8 Å². The van der Waals surface area contributed by atoms with Crippen molar-refractivity contribution in [3.63, 3.8) is 0 Å². The zero-order valence-corrected chi connectivity index (χ0v) is 12.4. The first-order valence-corrected chi connectivity index (χ1v) is 6.97. The number of aromatic amines is 1. The fourth-order valence-corrected chi connectivity index (χ4v) is 2.33. The van der Waals surface area contributed by atoms with Crippen molar-refractivity contribution in [1.29, 1.82) is 0 Å². The third-order valence-corrected chi connectivity index (χ3v) is 3.44. The molecule has 2 rings (SSSR count). The second kappa shape index (κ2) is 6.00. The highest BCUT2D eigenvalue weighted by Gasteiger charge is 2.30. The number of benzene rings is 1. The van der Waals surface area contributed by atoms with Crippen LogP contribution in [0.5, 0.6) is 0 Å². The van der Waals surface area contributed by atoms with Crippen molar-refractivity contribution in [1.82, 2.24) is 9.78 Å². The van der Waals surface area contributed by atoms with E-state index in [1.165, 1.54) is 16.8 Å². The molecule has 1 aromatic carbocycles.